The molecule has 0 aliphatic carbocycles. The largest absolute Gasteiger partial charge is 1.00 e. The molecule has 0 aliphatic heterocycles. The second-order valence-electron chi connectivity index (χ2n) is 2.51. The number of benzene rings is 1. The van der Waals surface area contributed by atoms with Crippen molar-refractivity contribution in [1.82, 2.24) is 0 Å². The topological polar surface area (TPSA) is 66.4 Å². The molecule has 1 aromatic carbocycles. The van der Waals surface area contributed by atoms with Gasteiger partial charge in [0.05, 0.1) is 18.6 Å². The number of halogens is 1. The molecule has 15 heavy (non-hydrogen) atoms. The summed E-state index contributed by atoms with van der Waals surface area (Å²) in [6.45, 7) is 0. The van der Waals surface area contributed by atoms with E-state index in [-0.39, 0.29) is 40.7 Å². The molecule has 1 rings (SSSR count). The Labute approximate surface area is 122 Å². The molecule has 0 heterocycles. The second-order valence-corrected chi connectivity index (χ2v) is 3.75. The summed E-state index contributed by atoms with van der Waals surface area (Å²) in [6.07, 6.45) is 0. The van der Waals surface area contributed by atoms with Crippen LogP contribution in [0.4, 0.5) is 0 Å². The Kier molecular flexibility index (Phi) is 6.42. The molecule has 74 valence electrons. The van der Waals surface area contributed by atoms with E-state index in [1.165, 1.54) is 19.2 Å². The van der Waals surface area contributed by atoms with Crippen LogP contribution >= 0.6 is 22.6 Å². The Morgan fingerprint density at radius 3 is 2.27 bits per heavy atom. The average molecular weight is 328 g/mol. The first-order chi connectivity index (χ1) is 6.54. The predicted molar refractivity (Wildman–Crippen MR) is 54.8 cm³/mol. The Morgan fingerprint density at radius 2 is 1.80 bits per heavy atom. The van der Waals surface area contributed by atoms with Gasteiger partial charge in [0, 0.05) is 3.57 Å². The van der Waals surface area contributed by atoms with E-state index in [0.29, 0.717) is 3.57 Å². The number of carboxylic acid groups (broad SMARTS) is 1. The molecule has 6 heteroatoms. The van der Waals surface area contributed by atoms with E-state index in [2.05, 4.69) is 4.74 Å². The van der Waals surface area contributed by atoms with Crippen LogP contribution in [0.1, 0.15) is 20.7 Å². The molecule has 0 amide bonds. The molecular weight excluding hydrogens is 322 g/mol. The van der Waals surface area contributed by atoms with Crippen LogP contribution in [-0.4, -0.2) is 19.0 Å². The number of carboxylic acids is 1. The third-order valence-electron chi connectivity index (χ3n) is 1.55. The molecule has 0 unspecified atom stereocenters. The number of hydrogen-bond donors (Lipinski definition) is 0. The van der Waals surface area contributed by atoms with Gasteiger partial charge in [-0.15, -0.1) is 0 Å². The quantitative estimate of drug-likeness (QED) is 0.341. The van der Waals surface area contributed by atoms with Gasteiger partial charge in [-0.05, 0) is 46.4 Å². The van der Waals surface area contributed by atoms with Crippen molar-refractivity contribution in [3.8, 4) is 0 Å². The van der Waals surface area contributed by atoms with E-state index in [1.807, 2.05) is 22.6 Å². The first-order valence-corrected chi connectivity index (χ1v) is 4.72. The van der Waals surface area contributed by atoms with Gasteiger partial charge in [0.15, 0.2) is 0 Å². The molecule has 0 saturated carbocycles. The zero-order valence-electron chi connectivity index (χ0n) is 8.24. The summed E-state index contributed by atoms with van der Waals surface area (Å²) in [6, 6.07) is 4.19. The molecule has 0 bridgehead atoms. The van der Waals surface area contributed by atoms with Gasteiger partial charge in [0.1, 0.15) is 0 Å². The van der Waals surface area contributed by atoms with E-state index in [0.717, 1.165) is 0 Å². The minimum atomic E-state index is -1.31. The van der Waals surface area contributed by atoms with Crippen molar-refractivity contribution in [3.63, 3.8) is 0 Å². The molecule has 0 fully saturated rings. The monoisotopic (exact) mass is 328 g/mol. The Morgan fingerprint density at radius 1 is 1.27 bits per heavy atom. The number of carbonyl (C=O) groups is 2. The molecule has 0 N–H and O–H groups in total. The summed E-state index contributed by atoms with van der Waals surface area (Å²) in [5.74, 6) is -1.88. The van der Waals surface area contributed by atoms with Crippen LogP contribution in [0.3, 0.4) is 0 Å². The maximum atomic E-state index is 11.1. The van der Waals surface area contributed by atoms with E-state index in [1.54, 1.807) is 6.07 Å². The summed E-state index contributed by atoms with van der Waals surface area (Å²) in [5, 5.41) is 10.5. The van der Waals surface area contributed by atoms with Crippen molar-refractivity contribution in [2.45, 2.75) is 0 Å². The van der Waals surface area contributed by atoms with Gasteiger partial charge in [-0.1, -0.05) is 0 Å². The van der Waals surface area contributed by atoms with Gasteiger partial charge in [-0.25, -0.2) is 4.79 Å². The van der Waals surface area contributed by atoms with Crippen LogP contribution in [0.25, 0.3) is 0 Å². The predicted octanol–water partition coefficient (Wildman–Crippen LogP) is -2.55. The third kappa shape index (κ3) is 4.10. The minimum absolute atomic E-state index is 0. The van der Waals surface area contributed by atoms with Gasteiger partial charge >= 0.3 is 35.5 Å². The molecule has 0 aromatic heterocycles. The van der Waals surface area contributed by atoms with Crippen molar-refractivity contribution in [3.05, 3.63) is 32.9 Å². The number of methoxy groups -OCH3 is 1. The normalized spacial score (nSPS) is 8.93. The summed E-state index contributed by atoms with van der Waals surface area (Å²) >= 11 is 1.92. The fraction of sp³-hybridized carbons (Fsp3) is 0.111. The van der Waals surface area contributed by atoms with E-state index in [9.17, 15) is 14.7 Å². The Bertz CT molecular complexity index is 392. The average Bonchev–Trinajstić information content (AvgIpc) is 2.15. The fourth-order valence-electron chi connectivity index (χ4n) is 0.943. The zero-order chi connectivity index (χ0) is 10.7. The van der Waals surface area contributed by atoms with Crippen molar-refractivity contribution < 1.29 is 49.0 Å². The van der Waals surface area contributed by atoms with Crippen LogP contribution in [0.15, 0.2) is 18.2 Å². The molecule has 0 saturated heterocycles. The van der Waals surface area contributed by atoms with E-state index >= 15 is 0 Å². The third-order valence-corrected chi connectivity index (χ3v) is 2.18. The molecule has 0 atom stereocenters. The molecule has 4 nitrogen and oxygen atoms in total. The van der Waals surface area contributed by atoms with Gasteiger partial charge in [-0.2, -0.15) is 0 Å². The molecule has 1 aromatic rings. The van der Waals surface area contributed by atoms with Gasteiger partial charge < -0.3 is 14.6 Å². The van der Waals surface area contributed by atoms with Crippen LogP contribution in [0.2, 0.25) is 0 Å². The van der Waals surface area contributed by atoms with Crippen molar-refractivity contribution in [1.29, 1.82) is 0 Å². The van der Waals surface area contributed by atoms with Gasteiger partial charge in [0.2, 0.25) is 0 Å². The summed E-state index contributed by atoms with van der Waals surface area (Å²) < 4.78 is 5.11. The summed E-state index contributed by atoms with van der Waals surface area (Å²) in [5.41, 5.74) is 0.177. The van der Waals surface area contributed by atoms with Crippen molar-refractivity contribution in [2.75, 3.05) is 7.11 Å². The van der Waals surface area contributed by atoms with Crippen molar-refractivity contribution >= 4 is 34.5 Å². The van der Waals surface area contributed by atoms with Gasteiger partial charge in [-0.3, -0.25) is 0 Å². The van der Waals surface area contributed by atoms with Gasteiger partial charge in [0.25, 0.3) is 0 Å². The summed E-state index contributed by atoms with van der Waals surface area (Å²) in [7, 11) is 1.24. The number of rotatable bonds is 2. The maximum Gasteiger partial charge on any atom is 1.00 e. The van der Waals surface area contributed by atoms with Crippen LogP contribution in [0, 0.1) is 3.57 Å². The van der Waals surface area contributed by atoms with Crippen LogP contribution in [0.5, 0.6) is 0 Å². The Hall–Kier alpha value is -0.110. The number of aromatic carboxylic acids is 1. The van der Waals surface area contributed by atoms with E-state index < -0.39 is 11.9 Å². The minimum Gasteiger partial charge on any atom is -0.545 e. The molecular formula is C9H6INaO4. The summed E-state index contributed by atoms with van der Waals surface area (Å²) in [4.78, 5) is 21.7. The molecule has 0 radical (unpaired) electrons. The maximum absolute atomic E-state index is 11.1. The SMILES string of the molecule is COC(=O)c1cc(I)cc(C(=O)[O-])c1.[Na+]. The number of esters is 1. The van der Waals surface area contributed by atoms with Crippen LogP contribution < -0.4 is 34.7 Å². The first kappa shape index (κ1) is 14.9. The zero-order valence-corrected chi connectivity index (χ0v) is 12.4. The Balaban J connectivity index is 0.00000196. The van der Waals surface area contributed by atoms with Crippen LogP contribution in [-0.2, 0) is 4.74 Å². The van der Waals surface area contributed by atoms with Crippen molar-refractivity contribution in [2.24, 2.45) is 0 Å². The van der Waals surface area contributed by atoms with E-state index in [4.69, 9.17) is 0 Å². The first-order valence-electron chi connectivity index (χ1n) is 3.65. The number of hydrogen-bond acceptors (Lipinski definition) is 4. The molecule has 0 aliphatic rings. The number of carbonyl (C=O) groups excluding carboxylic acids is 2. The standard InChI is InChI=1S/C9H7IO4.Na/c1-14-9(13)6-2-5(8(11)12)3-7(10)4-6;/h2-4H,1H3,(H,11,12);/q;+1/p-1. The fourth-order valence-corrected chi connectivity index (χ4v) is 1.61. The molecule has 0 spiro atoms. The second kappa shape index (κ2) is 6.47. The smallest absolute Gasteiger partial charge is 0.545 e. The number of ether oxygens (including phenoxy) is 1.